The summed E-state index contributed by atoms with van der Waals surface area (Å²) in [5, 5.41) is 19.8. The summed E-state index contributed by atoms with van der Waals surface area (Å²) in [5.74, 6) is 4.26. The van der Waals surface area contributed by atoms with Crippen molar-refractivity contribution in [3.8, 4) is 0 Å². The number of hydrogen-bond donors (Lipinski definition) is 3. The molecule has 4 aromatic rings. The van der Waals surface area contributed by atoms with Crippen LogP contribution in [0.5, 0.6) is 0 Å². The van der Waals surface area contributed by atoms with E-state index in [1.807, 2.05) is 27.5 Å². The Morgan fingerprint density at radius 2 is 1.94 bits per heavy atom. The van der Waals surface area contributed by atoms with Crippen molar-refractivity contribution >= 4 is 22.9 Å². The minimum Gasteiger partial charge on any atom is -0.370 e. The number of fused-ring (bicyclic) bond motifs is 2. The van der Waals surface area contributed by atoms with E-state index in [1.165, 1.54) is 31.2 Å². The number of nitrogens with zero attached hydrogens (tertiary/aromatic N) is 6. The first-order chi connectivity index (χ1) is 16.6. The summed E-state index contributed by atoms with van der Waals surface area (Å²) < 4.78 is 3.76. The van der Waals surface area contributed by atoms with Crippen LogP contribution in [0.15, 0.2) is 30.6 Å². The minimum absolute atomic E-state index is 0.346. The van der Waals surface area contributed by atoms with Gasteiger partial charge in [0.2, 0.25) is 0 Å². The number of aromatic nitrogens is 6. The molecule has 0 radical (unpaired) electrons. The standard InChI is InChI=1S/C25H33N9/c1-16(2)20-14-29-34-23(12-21(31-25(20)34)27-13-17-5-8-26-9-6-17)28-15-22-30-24-11-19(18-3-4-18)7-10-33(24)32-22/h7,10-12,14,16-18,26,28H,3-6,8-9,13,15H2,1-2H3,(H,27,31). The van der Waals surface area contributed by atoms with E-state index >= 15 is 0 Å². The lowest BCUT2D eigenvalue weighted by Crippen LogP contribution is -2.31. The summed E-state index contributed by atoms with van der Waals surface area (Å²) in [5.41, 5.74) is 4.32. The summed E-state index contributed by atoms with van der Waals surface area (Å²) in [7, 11) is 0. The van der Waals surface area contributed by atoms with Crippen molar-refractivity contribution in [1.29, 1.82) is 0 Å². The molecule has 1 saturated carbocycles. The maximum atomic E-state index is 4.92. The van der Waals surface area contributed by atoms with Crippen LogP contribution < -0.4 is 16.0 Å². The van der Waals surface area contributed by atoms with Crippen molar-refractivity contribution in [2.75, 3.05) is 30.3 Å². The Hall–Kier alpha value is -3.20. The smallest absolute Gasteiger partial charge is 0.170 e. The number of nitrogens with one attached hydrogen (secondary N) is 3. The van der Waals surface area contributed by atoms with Gasteiger partial charge in [-0.1, -0.05) is 13.8 Å². The third kappa shape index (κ3) is 4.32. The van der Waals surface area contributed by atoms with Crippen molar-refractivity contribution in [3.63, 3.8) is 0 Å². The van der Waals surface area contributed by atoms with Crippen LogP contribution in [-0.4, -0.2) is 48.8 Å². The van der Waals surface area contributed by atoms with Crippen LogP contribution in [0.1, 0.15) is 68.3 Å². The Labute approximate surface area is 199 Å². The third-order valence-corrected chi connectivity index (χ3v) is 7.03. The van der Waals surface area contributed by atoms with E-state index in [4.69, 9.17) is 9.97 Å². The van der Waals surface area contributed by atoms with E-state index in [0.29, 0.717) is 24.3 Å². The molecule has 9 heteroatoms. The molecule has 0 spiro atoms. The molecule has 0 atom stereocenters. The van der Waals surface area contributed by atoms with Crippen LogP contribution in [0.25, 0.3) is 11.3 Å². The van der Waals surface area contributed by atoms with Gasteiger partial charge in [0.15, 0.2) is 17.1 Å². The van der Waals surface area contributed by atoms with Gasteiger partial charge in [-0.05, 0) is 74.2 Å². The molecule has 1 aliphatic heterocycles. The Morgan fingerprint density at radius 3 is 2.74 bits per heavy atom. The quantitative estimate of drug-likeness (QED) is 0.369. The number of anilines is 2. The molecule has 9 nitrogen and oxygen atoms in total. The highest BCUT2D eigenvalue weighted by atomic mass is 15.3. The Kier molecular flexibility index (Phi) is 5.57. The highest BCUT2D eigenvalue weighted by molar-refractivity contribution is 5.61. The van der Waals surface area contributed by atoms with Crippen molar-refractivity contribution in [1.82, 2.24) is 34.5 Å². The Morgan fingerprint density at radius 1 is 1.09 bits per heavy atom. The first kappa shape index (κ1) is 21.3. The fourth-order valence-corrected chi connectivity index (χ4v) is 4.80. The third-order valence-electron chi connectivity index (χ3n) is 7.03. The molecule has 1 aliphatic carbocycles. The molecule has 0 amide bonds. The molecule has 1 saturated heterocycles. The highest BCUT2D eigenvalue weighted by Gasteiger charge is 2.24. The van der Waals surface area contributed by atoms with Gasteiger partial charge in [-0.25, -0.2) is 14.5 Å². The Balaban J connectivity index is 1.24. The van der Waals surface area contributed by atoms with E-state index in [9.17, 15) is 0 Å². The van der Waals surface area contributed by atoms with Gasteiger partial charge < -0.3 is 16.0 Å². The second kappa shape index (κ2) is 8.87. The van der Waals surface area contributed by atoms with Crippen LogP contribution in [0, 0.1) is 5.92 Å². The van der Waals surface area contributed by atoms with E-state index < -0.39 is 0 Å². The molecule has 5 heterocycles. The number of hydrogen-bond acceptors (Lipinski definition) is 7. The predicted molar refractivity (Wildman–Crippen MR) is 133 cm³/mol. The van der Waals surface area contributed by atoms with Crippen molar-refractivity contribution in [2.24, 2.45) is 5.92 Å². The molecule has 4 aromatic heterocycles. The molecule has 6 rings (SSSR count). The van der Waals surface area contributed by atoms with E-state index in [2.05, 4.69) is 52.1 Å². The fourth-order valence-electron chi connectivity index (χ4n) is 4.80. The molecule has 0 unspecified atom stereocenters. The summed E-state index contributed by atoms with van der Waals surface area (Å²) >= 11 is 0. The topological polar surface area (TPSA) is 96.5 Å². The lowest BCUT2D eigenvalue weighted by atomic mass is 9.98. The van der Waals surface area contributed by atoms with Crippen LogP contribution in [-0.2, 0) is 6.54 Å². The zero-order valence-corrected chi connectivity index (χ0v) is 20.0. The molecule has 2 aliphatic rings. The van der Waals surface area contributed by atoms with Gasteiger partial charge in [0.25, 0.3) is 0 Å². The normalized spacial score (nSPS) is 17.1. The first-order valence-corrected chi connectivity index (χ1v) is 12.6. The molecule has 34 heavy (non-hydrogen) atoms. The maximum absolute atomic E-state index is 4.92. The van der Waals surface area contributed by atoms with Gasteiger partial charge in [-0.2, -0.15) is 9.61 Å². The zero-order chi connectivity index (χ0) is 23.1. The molecule has 3 N–H and O–H groups in total. The summed E-state index contributed by atoms with van der Waals surface area (Å²) in [6.07, 6.45) is 8.92. The van der Waals surface area contributed by atoms with E-state index in [0.717, 1.165) is 54.0 Å². The monoisotopic (exact) mass is 459 g/mol. The maximum Gasteiger partial charge on any atom is 0.170 e. The van der Waals surface area contributed by atoms with Crippen molar-refractivity contribution < 1.29 is 0 Å². The molecule has 2 fully saturated rings. The second-order valence-electron chi connectivity index (χ2n) is 10.0. The Bertz CT molecular complexity index is 1290. The second-order valence-corrected chi connectivity index (χ2v) is 10.0. The van der Waals surface area contributed by atoms with Crippen molar-refractivity contribution in [2.45, 2.75) is 57.9 Å². The van der Waals surface area contributed by atoms with Gasteiger partial charge in [-0.3, -0.25) is 0 Å². The average molecular weight is 460 g/mol. The molecule has 178 valence electrons. The van der Waals surface area contributed by atoms with Gasteiger partial charge in [0.1, 0.15) is 11.6 Å². The van der Waals surface area contributed by atoms with Crippen LogP contribution >= 0.6 is 0 Å². The summed E-state index contributed by atoms with van der Waals surface area (Å²) in [6.45, 7) is 8.01. The van der Waals surface area contributed by atoms with Crippen molar-refractivity contribution in [3.05, 3.63) is 47.5 Å². The van der Waals surface area contributed by atoms with Crippen LogP contribution in [0.2, 0.25) is 0 Å². The number of piperidine rings is 1. The lowest BCUT2D eigenvalue weighted by Gasteiger charge is -2.23. The fraction of sp³-hybridized carbons (Fsp3) is 0.520. The van der Waals surface area contributed by atoms with E-state index in [1.54, 1.807) is 0 Å². The largest absolute Gasteiger partial charge is 0.370 e. The number of rotatable bonds is 8. The zero-order valence-electron chi connectivity index (χ0n) is 20.0. The molecular weight excluding hydrogens is 426 g/mol. The van der Waals surface area contributed by atoms with Gasteiger partial charge >= 0.3 is 0 Å². The van der Waals surface area contributed by atoms with Gasteiger partial charge in [0.05, 0.1) is 12.7 Å². The van der Waals surface area contributed by atoms with E-state index in [-0.39, 0.29) is 0 Å². The summed E-state index contributed by atoms with van der Waals surface area (Å²) in [4.78, 5) is 9.68. The molecule has 0 bridgehead atoms. The van der Waals surface area contributed by atoms with Crippen LogP contribution in [0.4, 0.5) is 11.6 Å². The first-order valence-electron chi connectivity index (χ1n) is 12.6. The predicted octanol–water partition coefficient (Wildman–Crippen LogP) is 3.80. The lowest BCUT2D eigenvalue weighted by molar-refractivity contribution is 0.389. The van der Waals surface area contributed by atoms with Gasteiger partial charge in [0, 0.05) is 24.4 Å². The van der Waals surface area contributed by atoms with Gasteiger partial charge in [-0.15, -0.1) is 5.10 Å². The molecule has 0 aromatic carbocycles. The number of pyridine rings is 1. The summed E-state index contributed by atoms with van der Waals surface area (Å²) in [6, 6.07) is 6.39. The highest BCUT2D eigenvalue weighted by Crippen LogP contribution is 2.40. The SMILES string of the molecule is CC(C)c1cnn2c(NCc3nc4cc(C5CC5)ccn4n3)cc(NCC3CCNCC3)nc12. The van der Waals surface area contributed by atoms with Crippen LogP contribution in [0.3, 0.4) is 0 Å². The molecular formula is C25H33N9. The average Bonchev–Trinajstić information content (AvgIpc) is 3.48. The minimum atomic E-state index is 0.346.